The molecule has 0 heterocycles. The van der Waals surface area contributed by atoms with E-state index in [1.54, 1.807) is 18.2 Å². The molecular formula is C13H22N2O2S. The maximum absolute atomic E-state index is 12.6. The second kappa shape index (κ2) is 5.38. The molecule has 0 aliphatic carbocycles. The molecule has 0 bridgehead atoms. The lowest BCUT2D eigenvalue weighted by Gasteiger charge is -2.35. The molecule has 0 aromatic heterocycles. The summed E-state index contributed by atoms with van der Waals surface area (Å²) in [5, 5.41) is 0. The highest BCUT2D eigenvalue weighted by Gasteiger charge is 2.34. The summed E-state index contributed by atoms with van der Waals surface area (Å²) in [5.74, 6) is 0. The predicted molar refractivity (Wildman–Crippen MR) is 73.9 cm³/mol. The molecule has 0 atom stereocenters. The average molecular weight is 270 g/mol. The Labute approximate surface area is 110 Å². The summed E-state index contributed by atoms with van der Waals surface area (Å²) in [6.45, 7) is 8.06. The van der Waals surface area contributed by atoms with Crippen molar-refractivity contribution in [3.05, 3.63) is 29.8 Å². The number of hydrogen-bond donors (Lipinski definition) is 1. The van der Waals surface area contributed by atoms with Gasteiger partial charge in [-0.05, 0) is 38.5 Å². The minimum atomic E-state index is -3.49. The van der Waals surface area contributed by atoms with Gasteiger partial charge in [0.2, 0.25) is 10.0 Å². The van der Waals surface area contributed by atoms with E-state index in [1.165, 1.54) is 4.31 Å². The third-order valence-electron chi connectivity index (χ3n) is 3.04. The lowest BCUT2D eigenvalue weighted by Crippen LogP contribution is -2.51. The summed E-state index contributed by atoms with van der Waals surface area (Å²) < 4.78 is 26.6. The second-order valence-corrected chi connectivity index (χ2v) is 6.87. The van der Waals surface area contributed by atoms with Crippen LogP contribution in [-0.4, -0.2) is 31.4 Å². The SMILES string of the molecule is CCN(C(C)(C)CN)S(=O)(=O)c1cccc(C)c1. The Bertz CT molecular complexity index is 509. The fourth-order valence-electron chi connectivity index (χ4n) is 1.93. The highest BCUT2D eigenvalue weighted by Crippen LogP contribution is 2.24. The molecule has 1 aromatic carbocycles. The van der Waals surface area contributed by atoms with E-state index in [0.29, 0.717) is 11.4 Å². The molecular weight excluding hydrogens is 248 g/mol. The predicted octanol–water partition coefficient (Wildman–Crippen LogP) is 1.74. The molecule has 0 unspecified atom stereocenters. The molecule has 4 nitrogen and oxygen atoms in total. The number of hydrogen-bond acceptors (Lipinski definition) is 3. The van der Waals surface area contributed by atoms with Crippen molar-refractivity contribution in [3.63, 3.8) is 0 Å². The molecule has 1 rings (SSSR count). The molecule has 0 aliphatic heterocycles. The van der Waals surface area contributed by atoms with Crippen LogP contribution >= 0.6 is 0 Å². The van der Waals surface area contributed by atoms with Gasteiger partial charge in [0, 0.05) is 18.6 Å². The van der Waals surface area contributed by atoms with Crippen LogP contribution in [-0.2, 0) is 10.0 Å². The Morgan fingerprint density at radius 3 is 2.39 bits per heavy atom. The van der Waals surface area contributed by atoms with Crippen molar-refractivity contribution in [2.45, 2.75) is 38.1 Å². The van der Waals surface area contributed by atoms with Crippen molar-refractivity contribution in [1.82, 2.24) is 4.31 Å². The number of aryl methyl sites for hydroxylation is 1. The summed E-state index contributed by atoms with van der Waals surface area (Å²) in [6.07, 6.45) is 0. The lowest BCUT2D eigenvalue weighted by atomic mass is 10.1. The minimum absolute atomic E-state index is 0.284. The molecule has 0 saturated heterocycles. The van der Waals surface area contributed by atoms with Crippen molar-refractivity contribution in [1.29, 1.82) is 0 Å². The molecule has 0 aliphatic rings. The summed E-state index contributed by atoms with van der Waals surface area (Å²) in [4.78, 5) is 0.325. The van der Waals surface area contributed by atoms with E-state index in [4.69, 9.17) is 5.73 Å². The van der Waals surface area contributed by atoms with Crippen molar-refractivity contribution < 1.29 is 8.42 Å². The first-order chi connectivity index (χ1) is 8.25. The van der Waals surface area contributed by atoms with E-state index in [2.05, 4.69) is 0 Å². The van der Waals surface area contributed by atoms with Gasteiger partial charge in [0.15, 0.2) is 0 Å². The molecule has 2 N–H and O–H groups in total. The Hall–Kier alpha value is -0.910. The van der Waals surface area contributed by atoms with Gasteiger partial charge in [-0.3, -0.25) is 0 Å². The van der Waals surface area contributed by atoms with Crippen LogP contribution in [0, 0.1) is 6.92 Å². The Balaban J connectivity index is 3.28. The summed E-state index contributed by atoms with van der Waals surface area (Å²) in [7, 11) is -3.49. The van der Waals surface area contributed by atoms with Gasteiger partial charge in [0.1, 0.15) is 0 Å². The van der Waals surface area contributed by atoms with Crippen LogP contribution in [0.15, 0.2) is 29.2 Å². The molecule has 0 amide bonds. The quantitative estimate of drug-likeness (QED) is 0.886. The van der Waals surface area contributed by atoms with Gasteiger partial charge >= 0.3 is 0 Å². The van der Waals surface area contributed by atoms with E-state index >= 15 is 0 Å². The first-order valence-electron chi connectivity index (χ1n) is 6.05. The molecule has 0 radical (unpaired) electrons. The maximum Gasteiger partial charge on any atom is 0.243 e. The highest BCUT2D eigenvalue weighted by atomic mass is 32.2. The zero-order chi connectivity index (χ0) is 14.0. The Morgan fingerprint density at radius 1 is 1.33 bits per heavy atom. The van der Waals surface area contributed by atoms with E-state index in [1.807, 2.05) is 33.8 Å². The van der Waals surface area contributed by atoms with Gasteiger partial charge in [0.25, 0.3) is 0 Å². The maximum atomic E-state index is 12.6. The second-order valence-electron chi connectivity index (χ2n) is 5.00. The molecule has 18 heavy (non-hydrogen) atoms. The van der Waals surface area contributed by atoms with Gasteiger partial charge < -0.3 is 5.73 Å². The van der Waals surface area contributed by atoms with Crippen LogP contribution in [0.4, 0.5) is 0 Å². The molecule has 0 fully saturated rings. The average Bonchev–Trinajstić information content (AvgIpc) is 2.29. The number of rotatable bonds is 5. The fourth-order valence-corrected chi connectivity index (χ4v) is 3.83. The zero-order valence-corrected chi connectivity index (χ0v) is 12.3. The fraction of sp³-hybridized carbons (Fsp3) is 0.538. The number of likely N-dealkylation sites (N-methyl/N-ethyl adjacent to an activating group) is 1. The number of sulfonamides is 1. The van der Waals surface area contributed by atoms with Crippen molar-refractivity contribution >= 4 is 10.0 Å². The third kappa shape index (κ3) is 2.91. The summed E-state index contributed by atoms with van der Waals surface area (Å²) >= 11 is 0. The Morgan fingerprint density at radius 2 is 1.94 bits per heavy atom. The van der Waals surface area contributed by atoms with E-state index in [-0.39, 0.29) is 6.54 Å². The summed E-state index contributed by atoms with van der Waals surface area (Å²) in [5.41, 5.74) is 6.02. The normalized spacial score (nSPS) is 13.0. The van der Waals surface area contributed by atoms with Gasteiger partial charge in [-0.2, -0.15) is 4.31 Å². The molecule has 0 spiro atoms. The van der Waals surface area contributed by atoms with E-state index in [9.17, 15) is 8.42 Å². The van der Waals surface area contributed by atoms with Crippen molar-refractivity contribution in [3.8, 4) is 0 Å². The topological polar surface area (TPSA) is 63.4 Å². The monoisotopic (exact) mass is 270 g/mol. The minimum Gasteiger partial charge on any atom is -0.329 e. The van der Waals surface area contributed by atoms with Crippen LogP contribution in [0.5, 0.6) is 0 Å². The first-order valence-corrected chi connectivity index (χ1v) is 7.49. The standard InChI is InChI=1S/C13H22N2O2S/c1-5-15(13(3,4)10-14)18(16,17)12-8-6-7-11(2)9-12/h6-9H,5,10,14H2,1-4H3. The van der Waals surface area contributed by atoms with E-state index in [0.717, 1.165) is 5.56 Å². The molecule has 0 saturated carbocycles. The molecule has 5 heteroatoms. The van der Waals surface area contributed by atoms with Gasteiger partial charge in [-0.1, -0.05) is 19.1 Å². The number of benzene rings is 1. The van der Waals surface area contributed by atoms with Crippen LogP contribution in [0.1, 0.15) is 26.3 Å². The van der Waals surface area contributed by atoms with E-state index < -0.39 is 15.6 Å². The van der Waals surface area contributed by atoms with Crippen LogP contribution in [0.25, 0.3) is 0 Å². The number of nitrogens with zero attached hydrogens (tertiary/aromatic N) is 1. The van der Waals surface area contributed by atoms with Crippen molar-refractivity contribution in [2.75, 3.05) is 13.1 Å². The first kappa shape index (κ1) is 15.1. The number of nitrogens with two attached hydrogens (primary N) is 1. The zero-order valence-electron chi connectivity index (χ0n) is 11.5. The van der Waals surface area contributed by atoms with Crippen LogP contribution < -0.4 is 5.73 Å². The highest BCUT2D eigenvalue weighted by molar-refractivity contribution is 7.89. The van der Waals surface area contributed by atoms with Crippen molar-refractivity contribution in [2.24, 2.45) is 5.73 Å². The third-order valence-corrected chi connectivity index (χ3v) is 5.22. The largest absolute Gasteiger partial charge is 0.329 e. The Kier molecular flexibility index (Phi) is 4.53. The van der Waals surface area contributed by atoms with Crippen LogP contribution in [0.2, 0.25) is 0 Å². The molecule has 102 valence electrons. The van der Waals surface area contributed by atoms with Crippen LogP contribution in [0.3, 0.4) is 0 Å². The lowest BCUT2D eigenvalue weighted by molar-refractivity contribution is 0.244. The smallest absolute Gasteiger partial charge is 0.243 e. The van der Waals surface area contributed by atoms with Gasteiger partial charge in [-0.15, -0.1) is 0 Å². The molecule has 1 aromatic rings. The van der Waals surface area contributed by atoms with Gasteiger partial charge in [0.05, 0.1) is 4.90 Å². The summed E-state index contributed by atoms with van der Waals surface area (Å²) in [6, 6.07) is 6.94. The van der Waals surface area contributed by atoms with Gasteiger partial charge in [-0.25, -0.2) is 8.42 Å².